The Morgan fingerprint density at radius 2 is 0.759 bits per heavy atom. The fourth-order valence-electron chi connectivity index (χ4n) is 9.54. The van der Waals surface area contributed by atoms with Crippen LogP contribution >= 0.6 is 0 Å². The lowest BCUT2D eigenvalue weighted by Crippen LogP contribution is -2.61. The molecule has 1 saturated heterocycles. The molecule has 0 aromatic heterocycles. The molecule has 12 heteroatoms. The van der Waals surface area contributed by atoms with Gasteiger partial charge in [0.1, 0.15) is 18.8 Å². The molecule has 79 heavy (non-hydrogen) atoms. The summed E-state index contributed by atoms with van der Waals surface area (Å²) in [5.74, 6) is -3.14. The number of carbonyl (C=O) groups excluding carboxylic acids is 3. The Morgan fingerprint density at radius 3 is 1.20 bits per heavy atom. The van der Waals surface area contributed by atoms with E-state index < -0.39 is 67.3 Å². The normalized spacial score (nSPS) is 18.2. The van der Waals surface area contributed by atoms with Crippen LogP contribution in [0.4, 0.5) is 0 Å². The van der Waals surface area contributed by atoms with Crippen molar-refractivity contribution in [2.24, 2.45) is 0 Å². The molecule has 12 nitrogen and oxygen atoms in total. The van der Waals surface area contributed by atoms with E-state index in [-0.39, 0.29) is 25.9 Å². The van der Waals surface area contributed by atoms with E-state index in [0.29, 0.717) is 19.3 Å². The van der Waals surface area contributed by atoms with Crippen LogP contribution in [0.15, 0.2) is 60.8 Å². The highest BCUT2D eigenvalue weighted by molar-refractivity contribution is 5.74. The summed E-state index contributed by atoms with van der Waals surface area (Å²) in [7, 11) is 0. The zero-order valence-corrected chi connectivity index (χ0v) is 50.4. The standard InChI is InChI=1S/C67H116O12/c1-4-7-10-13-16-19-22-25-27-29-30-32-33-36-38-41-44-47-50-53-59(68)75-56-58(77-60(69)54-51-48-45-42-40-37-34-31-28-26-23-20-17-14-11-8-5-2)57-76-67-65(63(72)62(71)64(79-67)66(73)74)78-61(70)55-52-49-46-43-39-35-24-21-18-15-12-9-6-3/h16,19,21,24-28,30,32,58,62-65,67,71-72H,4-15,17-18,20,22-23,29,31,33-57H2,1-3H3,(H,73,74)/b19-16-,24-21-,27-25-,28-26-,32-30-. The maximum atomic E-state index is 13.2. The molecule has 6 atom stereocenters. The van der Waals surface area contributed by atoms with E-state index in [1.165, 1.54) is 109 Å². The lowest BCUT2D eigenvalue weighted by atomic mass is 9.98. The first-order valence-corrected chi connectivity index (χ1v) is 32.3. The van der Waals surface area contributed by atoms with E-state index in [2.05, 4.69) is 81.5 Å². The summed E-state index contributed by atoms with van der Waals surface area (Å²) in [6.07, 6.45) is 56.0. The van der Waals surface area contributed by atoms with Crippen molar-refractivity contribution in [1.29, 1.82) is 0 Å². The van der Waals surface area contributed by atoms with Crippen molar-refractivity contribution in [1.82, 2.24) is 0 Å². The van der Waals surface area contributed by atoms with Crippen molar-refractivity contribution < 1.29 is 58.2 Å². The second kappa shape index (κ2) is 55.0. The molecule has 3 N–H and O–H groups in total. The monoisotopic (exact) mass is 1110 g/mol. The van der Waals surface area contributed by atoms with Crippen LogP contribution in [0.5, 0.6) is 0 Å². The second-order valence-corrected chi connectivity index (χ2v) is 22.0. The molecule has 6 unspecified atom stereocenters. The maximum absolute atomic E-state index is 13.2. The van der Waals surface area contributed by atoms with Crippen molar-refractivity contribution in [3.05, 3.63) is 60.8 Å². The number of ether oxygens (including phenoxy) is 5. The SMILES string of the molecule is CCCCC/C=C\C/C=C\C/C=C\CCCCCCCCC(=O)OCC(COC1OC(C(=O)O)C(O)C(O)C1OC(=O)CCCCCCC/C=C\CCCCCC)OC(=O)CCCCCCCCC/C=C\CCCCCCCC. The lowest BCUT2D eigenvalue weighted by molar-refractivity contribution is -0.301. The molecular formula is C67H116O12. The highest BCUT2D eigenvalue weighted by Crippen LogP contribution is 2.27. The van der Waals surface area contributed by atoms with E-state index >= 15 is 0 Å². The number of hydrogen-bond acceptors (Lipinski definition) is 11. The average molecular weight is 1110 g/mol. The number of rotatable bonds is 55. The first-order chi connectivity index (χ1) is 38.6. The molecular weight excluding hydrogens is 997 g/mol. The lowest BCUT2D eigenvalue weighted by Gasteiger charge is -2.40. The summed E-state index contributed by atoms with van der Waals surface area (Å²) < 4.78 is 28.5. The fraction of sp³-hybridized carbons (Fsp3) is 0.791. The number of aliphatic hydroxyl groups excluding tert-OH is 2. The average Bonchev–Trinajstić information content (AvgIpc) is 3.44. The molecule has 0 aromatic rings. The van der Waals surface area contributed by atoms with Crippen LogP contribution in [-0.4, -0.2) is 89.2 Å². The quantitative estimate of drug-likeness (QED) is 0.0228. The summed E-state index contributed by atoms with van der Waals surface area (Å²) in [5.41, 5.74) is 0. The molecule has 1 aliphatic heterocycles. The van der Waals surface area contributed by atoms with Gasteiger partial charge in [-0.25, -0.2) is 4.79 Å². The van der Waals surface area contributed by atoms with Gasteiger partial charge in [0, 0.05) is 19.3 Å². The fourth-order valence-corrected chi connectivity index (χ4v) is 9.54. The highest BCUT2D eigenvalue weighted by atomic mass is 16.7. The Bertz CT molecular complexity index is 1600. The Kier molecular flexibility index (Phi) is 51.1. The third kappa shape index (κ3) is 44.7. The van der Waals surface area contributed by atoms with Gasteiger partial charge >= 0.3 is 23.9 Å². The van der Waals surface area contributed by atoms with Crippen molar-refractivity contribution >= 4 is 23.9 Å². The second-order valence-electron chi connectivity index (χ2n) is 22.0. The van der Waals surface area contributed by atoms with E-state index in [9.17, 15) is 34.5 Å². The Morgan fingerprint density at radius 1 is 0.418 bits per heavy atom. The Balaban J connectivity index is 2.67. The van der Waals surface area contributed by atoms with Crippen molar-refractivity contribution in [3.8, 4) is 0 Å². The number of aliphatic carboxylic acids is 1. The molecule has 456 valence electrons. The van der Waals surface area contributed by atoms with Crippen LogP contribution in [0.25, 0.3) is 0 Å². The molecule has 0 spiro atoms. The molecule has 0 bridgehead atoms. The van der Waals surface area contributed by atoms with Gasteiger partial charge in [-0.2, -0.15) is 0 Å². The number of carboxylic acids is 1. The third-order valence-electron chi connectivity index (χ3n) is 14.5. The summed E-state index contributed by atoms with van der Waals surface area (Å²) in [6.45, 7) is 5.95. The van der Waals surface area contributed by atoms with Crippen LogP contribution in [-0.2, 0) is 42.9 Å². The molecule has 1 rings (SSSR count). The third-order valence-corrected chi connectivity index (χ3v) is 14.5. The topological polar surface area (TPSA) is 175 Å². The molecule has 0 saturated carbocycles. The van der Waals surface area contributed by atoms with Crippen molar-refractivity contribution in [2.45, 2.75) is 327 Å². The first-order valence-electron chi connectivity index (χ1n) is 32.3. The van der Waals surface area contributed by atoms with Gasteiger partial charge in [0.05, 0.1) is 6.61 Å². The number of esters is 3. The zero-order valence-electron chi connectivity index (χ0n) is 50.4. The molecule has 1 heterocycles. The largest absolute Gasteiger partial charge is 0.479 e. The zero-order chi connectivity index (χ0) is 57.5. The van der Waals surface area contributed by atoms with Crippen LogP contribution in [0.3, 0.4) is 0 Å². The summed E-state index contributed by atoms with van der Waals surface area (Å²) >= 11 is 0. The predicted molar refractivity (Wildman–Crippen MR) is 322 cm³/mol. The molecule has 1 aliphatic rings. The minimum absolute atomic E-state index is 0.0487. The Hall–Kier alpha value is -3.58. The first kappa shape index (κ1) is 73.4. The molecule has 1 fully saturated rings. The number of hydrogen-bond donors (Lipinski definition) is 3. The van der Waals surface area contributed by atoms with Gasteiger partial charge in [-0.3, -0.25) is 14.4 Å². The summed E-state index contributed by atoms with van der Waals surface area (Å²) in [5, 5.41) is 31.5. The van der Waals surface area contributed by atoms with E-state index in [0.717, 1.165) is 122 Å². The smallest absolute Gasteiger partial charge is 0.335 e. The predicted octanol–water partition coefficient (Wildman–Crippen LogP) is 17.1. The van der Waals surface area contributed by atoms with E-state index in [4.69, 9.17) is 23.7 Å². The number of carboxylic acid groups (broad SMARTS) is 1. The molecule has 0 radical (unpaired) electrons. The van der Waals surface area contributed by atoms with Crippen LogP contribution in [0, 0.1) is 0 Å². The maximum Gasteiger partial charge on any atom is 0.335 e. The van der Waals surface area contributed by atoms with Crippen LogP contribution in [0.1, 0.15) is 290 Å². The molecule has 0 aromatic carbocycles. The summed E-state index contributed by atoms with van der Waals surface area (Å²) in [6, 6.07) is 0. The van der Waals surface area contributed by atoms with Gasteiger partial charge in [-0.15, -0.1) is 0 Å². The minimum atomic E-state index is -1.91. The van der Waals surface area contributed by atoms with Gasteiger partial charge in [0.25, 0.3) is 0 Å². The molecule has 0 amide bonds. The van der Waals surface area contributed by atoms with Crippen molar-refractivity contribution in [2.75, 3.05) is 13.2 Å². The van der Waals surface area contributed by atoms with Gasteiger partial charge in [0.2, 0.25) is 0 Å². The van der Waals surface area contributed by atoms with Crippen molar-refractivity contribution in [3.63, 3.8) is 0 Å². The number of allylic oxidation sites excluding steroid dienone is 10. The van der Waals surface area contributed by atoms with Gasteiger partial charge in [-0.1, -0.05) is 223 Å². The minimum Gasteiger partial charge on any atom is -0.479 e. The molecule has 0 aliphatic carbocycles. The van der Waals surface area contributed by atoms with Crippen LogP contribution in [0.2, 0.25) is 0 Å². The Labute approximate surface area is 481 Å². The van der Waals surface area contributed by atoms with Crippen LogP contribution < -0.4 is 0 Å². The van der Waals surface area contributed by atoms with Gasteiger partial charge in [0.15, 0.2) is 24.6 Å². The number of aliphatic hydroxyl groups is 2. The summed E-state index contributed by atoms with van der Waals surface area (Å²) in [4.78, 5) is 51.3. The van der Waals surface area contributed by atoms with Gasteiger partial charge in [-0.05, 0) is 109 Å². The van der Waals surface area contributed by atoms with E-state index in [1.54, 1.807) is 0 Å². The highest BCUT2D eigenvalue weighted by Gasteiger charge is 2.50. The van der Waals surface area contributed by atoms with E-state index in [1.807, 2.05) is 0 Å². The number of carbonyl (C=O) groups is 4. The van der Waals surface area contributed by atoms with Gasteiger partial charge < -0.3 is 39.0 Å². The number of unbranched alkanes of at least 4 members (excludes halogenated alkanes) is 31.